The van der Waals surface area contributed by atoms with Crippen LogP contribution < -0.4 is 10.2 Å². The number of fused-ring (bicyclic) bond motifs is 1. The molecule has 4 heteroatoms. The molecular weight excluding hydrogens is 332 g/mol. The van der Waals surface area contributed by atoms with Gasteiger partial charge in [-0.05, 0) is 49.4 Å². The Morgan fingerprint density at radius 2 is 1.85 bits per heavy atom. The second-order valence-corrected chi connectivity index (χ2v) is 7.42. The highest BCUT2D eigenvalue weighted by molar-refractivity contribution is 5.67. The maximum atomic E-state index is 4.67. The first-order valence-electron chi connectivity index (χ1n) is 9.58. The van der Waals surface area contributed by atoms with Crippen LogP contribution >= 0.6 is 0 Å². The first-order chi connectivity index (χ1) is 13.1. The Hall–Kier alpha value is -2.88. The van der Waals surface area contributed by atoms with Gasteiger partial charge in [-0.2, -0.15) is 0 Å². The minimum atomic E-state index is 0.310. The summed E-state index contributed by atoms with van der Waals surface area (Å²) in [5.41, 5.74) is 6.08. The summed E-state index contributed by atoms with van der Waals surface area (Å²) < 4.78 is 0. The van der Waals surface area contributed by atoms with Crippen LogP contribution in [0.3, 0.4) is 0 Å². The average Bonchev–Trinajstić information content (AvgIpc) is 2.68. The van der Waals surface area contributed by atoms with Crippen LogP contribution in [0.5, 0.6) is 0 Å². The van der Waals surface area contributed by atoms with Crippen molar-refractivity contribution in [1.29, 1.82) is 0 Å². The molecule has 0 saturated heterocycles. The molecule has 0 radical (unpaired) electrons. The van der Waals surface area contributed by atoms with Gasteiger partial charge in [0.05, 0.1) is 11.7 Å². The number of nitrogens with one attached hydrogen (secondary N) is 1. The molecule has 1 aliphatic rings. The summed E-state index contributed by atoms with van der Waals surface area (Å²) in [6, 6.07) is 19.6. The minimum absolute atomic E-state index is 0.310. The van der Waals surface area contributed by atoms with Crippen LogP contribution in [0, 0.1) is 6.92 Å². The lowest BCUT2D eigenvalue weighted by atomic mass is 9.88. The van der Waals surface area contributed by atoms with E-state index in [1.807, 2.05) is 6.92 Å². The third kappa shape index (κ3) is 3.80. The van der Waals surface area contributed by atoms with E-state index >= 15 is 0 Å². The maximum Gasteiger partial charge on any atom is 0.130 e. The summed E-state index contributed by atoms with van der Waals surface area (Å²) in [5.74, 6) is 1.68. The first kappa shape index (κ1) is 17.5. The van der Waals surface area contributed by atoms with Gasteiger partial charge in [0.25, 0.3) is 0 Å². The molecule has 0 bridgehead atoms. The van der Waals surface area contributed by atoms with Crippen LogP contribution in [-0.4, -0.2) is 24.1 Å². The van der Waals surface area contributed by atoms with Gasteiger partial charge >= 0.3 is 0 Å². The van der Waals surface area contributed by atoms with E-state index < -0.39 is 0 Å². The van der Waals surface area contributed by atoms with Crippen molar-refractivity contribution < 1.29 is 0 Å². The molecule has 0 amide bonds. The van der Waals surface area contributed by atoms with Crippen molar-refractivity contribution in [2.45, 2.75) is 32.2 Å². The molecule has 2 aromatic carbocycles. The van der Waals surface area contributed by atoms with Gasteiger partial charge < -0.3 is 10.2 Å². The first-order valence-corrected chi connectivity index (χ1v) is 9.58. The van der Waals surface area contributed by atoms with E-state index in [-0.39, 0.29) is 0 Å². The summed E-state index contributed by atoms with van der Waals surface area (Å²) in [5, 5.41) is 3.66. The Labute approximate surface area is 161 Å². The van der Waals surface area contributed by atoms with Crippen LogP contribution in [0.15, 0.2) is 54.6 Å². The zero-order valence-electron chi connectivity index (χ0n) is 16.2. The van der Waals surface area contributed by atoms with Crippen molar-refractivity contribution in [3.05, 3.63) is 71.5 Å². The Morgan fingerprint density at radius 3 is 2.70 bits per heavy atom. The molecule has 0 spiro atoms. The normalized spacial score (nSPS) is 15.9. The van der Waals surface area contributed by atoms with Gasteiger partial charge in [-0.25, -0.2) is 9.97 Å². The molecule has 0 aliphatic heterocycles. The Bertz CT molecular complexity index is 949. The number of hydrogen-bond donors (Lipinski definition) is 1. The molecule has 1 heterocycles. The molecule has 3 aromatic rings. The lowest BCUT2D eigenvalue weighted by Gasteiger charge is -2.27. The molecule has 1 N–H and O–H groups in total. The SMILES string of the molecule is Cc1nc(NC2CCCc3ccccc32)cc(-c2cccc(N(C)C)c2)n1. The molecule has 4 rings (SSSR count). The largest absolute Gasteiger partial charge is 0.378 e. The highest BCUT2D eigenvalue weighted by Gasteiger charge is 2.20. The van der Waals surface area contributed by atoms with Crippen molar-refractivity contribution in [3.8, 4) is 11.3 Å². The van der Waals surface area contributed by atoms with Gasteiger partial charge in [-0.3, -0.25) is 0 Å². The molecule has 0 fully saturated rings. The van der Waals surface area contributed by atoms with E-state index in [2.05, 4.69) is 88.9 Å². The summed E-state index contributed by atoms with van der Waals surface area (Å²) in [4.78, 5) is 11.4. The van der Waals surface area contributed by atoms with E-state index in [0.29, 0.717) is 6.04 Å². The molecule has 4 nitrogen and oxygen atoms in total. The van der Waals surface area contributed by atoms with E-state index in [0.717, 1.165) is 29.3 Å². The molecule has 1 aliphatic carbocycles. The molecule has 1 unspecified atom stereocenters. The highest BCUT2D eigenvalue weighted by Crippen LogP contribution is 2.33. The summed E-state index contributed by atoms with van der Waals surface area (Å²) in [7, 11) is 4.11. The quantitative estimate of drug-likeness (QED) is 0.712. The van der Waals surface area contributed by atoms with Crippen LogP contribution in [-0.2, 0) is 6.42 Å². The summed E-state index contributed by atoms with van der Waals surface area (Å²) >= 11 is 0. The topological polar surface area (TPSA) is 41.1 Å². The predicted octanol–water partition coefficient (Wildman–Crippen LogP) is 5.01. The van der Waals surface area contributed by atoms with Gasteiger partial charge in [0, 0.05) is 31.4 Å². The van der Waals surface area contributed by atoms with E-state index in [9.17, 15) is 0 Å². The van der Waals surface area contributed by atoms with Crippen LogP contribution in [0.1, 0.15) is 35.8 Å². The van der Waals surface area contributed by atoms with Gasteiger partial charge in [0.2, 0.25) is 0 Å². The van der Waals surface area contributed by atoms with Crippen molar-refractivity contribution >= 4 is 11.5 Å². The molecular formula is C23H26N4. The maximum absolute atomic E-state index is 4.67. The van der Waals surface area contributed by atoms with Crippen molar-refractivity contribution in [1.82, 2.24) is 9.97 Å². The van der Waals surface area contributed by atoms with Crippen LogP contribution in [0.4, 0.5) is 11.5 Å². The van der Waals surface area contributed by atoms with Gasteiger partial charge in [0.15, 0.2) is 0 Å². The van der Waals surface area contributed by atoms with Crippen molar-refractivity contribution in [3.63, 3.8) is 0 Å². The minimum Gasteiger partial charge on any atom is -0.378 e. The molecule has 0 saturated carbocycles. The number of anilines is 2. The van der Waals surface area contributed by atoms with Crippen molar-refractivity contribution in [2.24, 2.45) is 0 Å². The fourth-order valence-corrected chi connectivity index (χ4v) is 3.82. The molecule has 138 valence electrons. The molecule has 1 aromatic heterocycles. The fourth-order valence-electron chi connectivity index (χ4n) is 3.82. The number of aromatic nitrogens is 2. The van der Waals surface area contributed by atoms with Gasteiger partial charge in [-0.15, -0.1) is 0 Å². The zero-order valence-corrected chi connectivity index (χ0v) is 16.2. The van der Waals surface area contributed by atoms with Gasteiger partial charge in [0.1, 0.15) is 11.6 Å². The smallest absolute Gasteiger partial charge is 0.130 e. The lowest BCUT2D eigenvalue weighted by molar-refractivity contribution is 0.598. The van der Waals surface area contributed by atoms with E-state index in [1.165, 1.54) is 29.7 Å². The number of aryl methyl sites for hydroxylation is 2. The Balaban J connectivity index is 1.65. The van der Waals surface area contributed by atoms with E-state index in [4.69, 9.17) is 0 Å². The third-order valence-electron chi connectivity index (χ3n) is 5.19. The number of hydrogen-bond acceptors (Lipinski definition) is 4. The molecule has 27 heavy (non-hydrogen) atoms. The average molecular weight is 358 g/mol. The third-order valence-corrected chi connectivity index (χ3v) is 5.19. The van der Waals surface area contributed by atoms with E-state index in [1.54, 1.807) is 0 Å². The number of rotatable bonds is 4. The Kier molecular flexibility index (Phi) is 4.80. The highest BCUT2D eigenvalue weighted by atomic mass is 15.1. The zero-order chi connectivity index (χ0) is 18.8. The van der Waals surface area contributed by atoms with Crippen LogP contribution in [0.2, 0.25) is 0 Å². The summed E-state index contributed by atoms with van der Waals surface area (Å²) in [6.45, 7) is 1.96. The number of benzene rings is 2. The lowest BCUT2D eigenvalue weighted by Crippen LogP contribution is -2.18. The van der Waals surface area contributed by atoms with Crippen molar-refractivity contribution in [2.75, 3.05) is 24.3 Å². The van der Waals surface area contributed by atoms with Gasteiger partial charge in [-0.1, -0.05) is 36.4 Å². The standard InChI is InChI=1S/C23H26N4/c1-16-24-22(18-10-6-11-19(14-18)27(2)3)15-23(25-16)26-21-13-7-9-17-8-4-5-12-20(17)21/h4-6,8,10-12,14-15,21H,7,9,13H2,1-3H3,(H,24,25,26). The Morgan fingerprint density at radius 1 is 1.00 bits per heavy atom. The fraction of sp³-hybridized carbons (Fsp3) is 0.304. The monoisotopic (exact) mass is 358 g/mol. The predicted molar refractivity (Wildman–Crippen MR) is 112 cm³/mol. The second-order valence-electron chi connectivity index (χ2n) is 7.42. The second kappa shape index (κ2) is 7.39. The molecule has 1 atom stereocenters. The van der Waals surface area contributed by atoms with Crippen LogP contribution in [0.25, 0.3) is 11.3 Å². The number of nitrogens with zero attached hydrogens (tertiary/aromatic N) is 3. The summed E-state index contributed by atoms with van der Waals surface area (Å²) in [6.07, 6.45) is 3.50.